The molecule has 23 heavy (non-hydrogen) atoms. The Labute approximate surface area is 136 Å². The van der Waals surface area contributed by atoms with Crippen LogP contribution < -0.4 is 5.32 Å². The molecule has 4 nitrogen and oxygen atoms in total. The van der Waals surface area contributed by atoms with Gasteiger partial charge in [-0.2, -0.15) is 0 Å². The standard InChI is InChI=1S/C19H23N3O/c23-19(22-13-5-11-17(22)14-6-1-2-7-14)21-16-10-3-8-15-9-4-12-20-18(15)16/h3-4,8-10,12,14,17H,1-2,5-7,11,13H2,(H,21,23)/t17-/m0/s1. The molecule has 1 aromatic heterocycles. The summed E-state index contributed by atoms with van der Waals surface area (Å²) in [7, 11) is 0. The Balaban J connectivity index is 1.54. The van der Waals surface area contributed by atoms with Gasteiger partial charge in [-0.05, 0) is 43.7 Å². The Morgan fingerprint density at radius 1 is 1.09 bits per heavy atom. The normalized spacial score (nSPS) is 21.9. The Morgan fingerprint density at radius 3 is 2.78 bits per heavy atom. The molecule has 1 N–H and O–H groups in total. The minimum absolute atomic E-state index is 0.0394. The van der Waals surface area contributed by atoms with Crippen molar-refractivity contribution >= 4 is 22.6 Å². The first-order valence-corrected chi connectivity index (χ1v) is 8.74. The molecule has 120 valence electrons. The van der Waals surface area contributed by atoms with E-state index in [4.69, 9.17) is 0 Å². The molecule has 1 aromatic carbocycles. The molecule has 0 bridgehead atoms. The van der Waals surface area contributed by atoms with Gasteiger partial charge in [-0.25, -0.2) is 4.79 Å². The summed E-state index contributed by atoms with van der Waals surface area (Å²) in [6, 6.07) is 10.3. The molecule has 2 fully saturated rings. The van der Waals surface area contributed by atoms with Crippen LogP contribution in [-0.2, 0) is 0 Å². The fourth-order valence-corrected chi connectivity index (χ4v) is 4.27. The molecule has 4 heteroatoms. The molecule has 0 radical (unpaired) electrons. The zero-order valence-electron chi connectivity index (χ0n) is 13.4. The van der Waals surface area contributed by atoms with Gasteiger partial charge in [0.25, 0.3) is 0 Å². The SMILES string of the molecule is O=C(Nc1cccc2cccnc12)N1CCC[C@H]1C1CCCC1. The zero-order chi connectivity index (χ0) is 15.6. The summed E-state index contributed by atoms with van der Waals surface area (Å²) < 4.78 is 0. The number of hydrogen-bond donors (Lipinski definition) is 1. The lowest BCUT2D eigenvalue weighted by Gasteiger charge is -2.29. The van der Waals surface area contributed by atoms with Crippen LogP contribution >= 0.6 is 0 Å². The van der Waals surface area contributed by atoms with Gasteiger partial charge in [-0.1, -0.05) is 31.0 Å². The van der Waals surface area contributed by atoms with E-state index in [0.717, 1.165) is 36.0 Å². The summed E-state index contributed by atoms with van der Waals surface area (Å²) in [5, 5.41) is 4.16. The van der Waals surface area contributed by atoms with E-state index < -0.39 is 0 Å². The Kier molecular flexibility index (Phi) is 3.90. The van der Waals surface area contributed by atoms with E-state index in [0.29, 0.717) is 12.0 Å². The van der Waals surface area contributed by atoms with Crippen molar-refractivity contribution in [1.29, 1.82) is 0 Å². The molecule has 0 unspecified atom stereocenters. The van der Waals surface area contributed by atoms with E-state index in [1.807, 2.05) is 30.3 Å². The van der Waals surface area contributed by atoms with Crippen LogP contribution in [0.3, 0.4) is 0 Å². The molecule has 1 saturated carbocycles. The number of anilines is 1. The van der Waals surface area contributed by atoms with Gasteiger partial charge in [-0.3, -0.25) is 4.98 Å². The first-order valence-electron chi connectivity index (χ1n) is 8.74. The maximum atomic E-state index is 12.8. The van der Waals surface area contributed by atoms with Crippen molar-refractivity contribution in [2.45, 2.75) is 44.6 Å². The van der Waals surface area contributed by atoms with Crippen LogP contribution in [0.15, 0.2) is 36.5 Å². The van der Waals surface area contributed by atoms with Gasteiger partial charge < -0.3 is 10.2 Å². The zero-order valence-corrected chi connectivity index (χ0v) is 13.4. The van der Waals surface area contributed by atoms with E-state index in [1.165, 1.54) is 25.7 Å². The number of nitrogens with zero attached hydrogens (tertiary/aromatic N) is 2. The van der Waals surface area contributed by atoms with Gasteiger partial charge in [0, 0.05) is 24.2 Å². The van der Waals surface area contributed by atoms with E-state index >= 15 is 0 Å². The highest BCUT2D eigenvalue weighted by molar-refractivity contribution is 5.99. The molecule has 1 aliphatic carbocycles. The van der Waals surface area contributed by atoms with Crippen LogP contribution in [0, 0.1) is 5.92 Å². The molecule has 1 atom stereocenters. The second-order valence-electron chi connectivity index (χ2n) is 6.76. The molecule has 1 saturated heterocycles. The number of pyridine rings is 1. The van der Waals surface area contributed by atoms with E-state index in [1.54, 1.807) is 6.20 Å². The lowest BCUT2D eigenvalue weighted by Crippen LogP contribution is -2.42. The van der Waals surface area contributed by atoms with E-state index in [9.17, 15) is 4.79 Å². The van der Waals surface area contributed by atoms with Crippen LogP contribution in [0.2, 0.25) is 0 Å². The van der Waals surface area contributed by atoms with Crippen molar-refractivity contribution in [2.24, 2.45) is 5.92 Å². The van der Waals surface area contributed by atoms with Gasteiger partial charge in [0.2, 0.25) is 0 Å². The predicted octanol–water partition coefficient (Wildman–Crippen LogP) is 4.42. The summed E-state index contributed by atoms with van der Waals surface area (Å²) in [5.74, 6) is 0.703. The molecule has 4 rings (SSSR count). The van der Waals surface area contributed by atoms with Crippen molar-refractivity contribution in [1.82, 2.24) is 9.88 Å². The first-order chi connectivity index (χ1) is 11.3. The van der Waals surface area contributed by atoms with Crippen molar-refractivity contribution in [3.8, 4) is 0 Å². The van der Waals surface area contributed by atoms with Crippen molar-refractivity contribution in [3.05, 3.63) is 36.5 Å². The molecule has 2 heterocycles. The third-order valence-electron chi connectivity index (χ3n) is 5.38. The smallest absolute Gasteiger partial charge is 0.321 e. The fraction of sp³-hybridized carbons (Fsp3) is 0.474. The number of aromatic nitrogens is 1. The largest absolute Gasteiger partial charge is 0.322 e. The highest BCUT2D eigenvalue weighted by Gasteiger charge is 2.35. The summed E-state index contributed by atoms with van der Waals surface area (Å²) in [5.41, 5.74) is 1.67. The number of rotatable bonds is 2. The Bertz CT molecular complexity index is 703. The third kappa shape index (κ3) is 2.78. The quantitative estimate of drug-likeness (QED) is 0.892. The number of amides is 2. The number of likely N-dealkylation sites (tertiary alicyclic amines) is 1. The van der Waals surface area contributed by atoms with Gasteiger partial charge in [-0.15, -0.1) is 0 Å². The molecular formula is C19H23N3O. The van der Waals surface area contributed by atoms with Crippen LogP contribution in [0.1, 0.15) is 38.5 Å². The van der Waals surface area contributed by atoms with Crippen molar-refractivity contribution < 1.29 is 4.79 Å². The Morgan fingerprint density at radius 2 is 1.91 bits per heavy atom. The van der Waals surface area contributed by atoms with Gasteiger partial charge in [0.15, 0.2) is 0 Å². The average Bonchev–Trinajstić information content (AvgIpc) is 3.26. The summed E-state index contributed by atoms with van der Waals surface area (Å²) in [6.45, 7) is 0.880. The average molecular weight is 309 g/mol. The number of benzene rings is 1. The molecule has 2 amide bonds. The monoisotopic (exact) mass is 309 g/mol. The van der Waals surface area contributed by atoms with Crippen LogP contribution in [0.5, 0.6) is 0 Å². The predicted molar refractivity (Wildman–Crippen MR) is 92.4 cm³/mol. The van der Waals surface area contributed by atoms with Crippen molar-refractivity contribution in [3.63, 3.8) is 0 Å². The summed E-state index contributed by atoms with van der Waals surface area (Å²) >= 11 is 0. The number of fused-ring (bicyclic) bond motifs is 1. The highest BCUT2D eigenvalue weighted by atomic mass is 16.2. The van der Waals surface area contributed by atoms with Crippen LogP contribution in [0.25, 0.3) is 10.9 Å². The fourth-order valence-electron chi connectivity index (χ4n) is 4.27. The van der Waals surface area contributed by atoms with Crippen LogP contribution in [0.4, 0.5) is 10.5 Å². The molecule has 2 aliphatic rings. The van der Waals surface area contributed by atoms with E-state index in [-0.39, 0.29) is 6.03 Å². The Hall–Kier alpha value is -2.10. The molecule has 2 aromatic rings. The van der Waals surface area contributed by atoms with Crippen molar-refractivity contribution in [2.75, 3.05) is 11.9 Å². The number of hydrogen-bond acceptors (Lipinski definition) is 2. The minimum Gasteiger partial charge on any atom is -0.321 e. The molecule has 0 spiro atoms. The van der Waals surface area contributed by atoms with Crippen LogP contribution in [-0.4, -0.2) is 28.5 Å². The topological polar surface area (TPSA) is 45.2 Å². The lowest BCUT2D eigenvalue weighted by molar-refractivity contribution is 0.185. The number of carbonyl (C=O) groups excluding carboxylic acids is 1. The molecular weight excluding hydrogens is 286 g/mol. The maximum absolute atomic E-state index is 12.8. The second kappa shape index (κ2) is 6.19. The summed E-state index contributed by atoms with van der Waals surface area (Å²) in [4.78, 5) is 19.3. The minimum atomic E-state index is 0.0394. The van der Waals surface area contributed by atoms with Gasteiger partial charge >= 0.3 is 6.03 Å². The highest BCUT2D eigenvalue weighted by Crippen LogP contribution is 2.35. The number of urea groups is 1. The number of nitrogens with one attached hydrogen (secondary N) is 1. The number of para-hydroxylation sites is 1. The first kappa shape index (κ1) is 14.5. The lowest BCUT2D eigenvalue weighted by atomic mass is 9.96. The number of carbonyl (C=O) groups is 1. The third-order valence-corrected chi connectivity index (χ3v) is 5.38. The van der Waals surface area contributed by atoms with Gasteiger partial charge in [0.05, 0.1) is 11.2 Å². The molecule has 1 aliphatic heterocycles. The van der Waals surface area contributed by atoms with E-state index in [2.05, 4.69) is 15.2 Å². The van der Waals surface area contributed by atoms with Gasteiger partial charge in [0.1, 0.15) is 0 Å². The second-order valence-corrected chi connectivity index (χ2v) is 6.76. The summed E-state index contributed by atoms with van der Waals surface area (Å²) in [6.07, 6.45) is 9.27. The maximum Gasteiger partial charge on any atom is 0.322 e.